The van der Waals surface area contributed by atoms with Crippen molar-refractivity contribution in [3.63, 3.8) is 0 Å². The van der Waals surface area contributed by atoms with Crippen molar-refractivity contribution in [2.45, 2.75) is 11.8 Å². The van der Waals surface area contributed by atoms with Crippen LogP contribution in [0.2, 0.25) is 5.02 Å². The molecule has 2 N–H and O–H groups in total. The summed E-state index contributed by atoms with van der Waals surface area (Å²) in [5.74, 6) is 0.240. The molecule has 1 amide bonds. The molecule has 0 saturated carbocycles. The molecule has 0 unspecified atom stereocenters. The summed E-state index contributed by atoms with van der Waals surface area (Å²) in [5.41, 5.74) is 0.564. The maximum atomic E-state index is 12.5. The van der Waals surface area contributed by atoms with Crippen LogP contribution in [0.1, 0.15) is 17.3 Å². The zero-order valence-corrected chi connectivity index (χ0v) is 14.7. The van der Waals surface area contributed by atoms with Gasteiger partial charge in [-0.25, -0.2) is 8.42 Å². The van der Waals surface area contributed by atoms with Crippen LogP contribution in [0.25, 0.3) is 0 Å². The van der Waals surface area contributed by atoms with Crippen LogP contribution in [-0.4, -0.2) is 28.0 Å². The van der Waals surface area contributed by atoms with Gasteiger partial charge in [-0.15, -0.1) is 0 Å². The molecule has 0 saturated heterocycles. The van der Waals surface area contributed by atoms with E-state index in [0.717, 1.165) is 0 Å². The predicted octanol–water partition coefficient (Wildman–Crippen LogP) is 2.90. The van der Waals surface area contributed by atoms with E-state index >= 15 is 0 Å². The van der Waals surface area contributed by atoms with E-state index < -0.39 is 15.9 Å². The minimum absolute atomic E-state index is 0.0288. The summed E-state index contributed by atoms with van der Waals surface area (Å²) in [6.45, 7) is 2.38. The van der Waals surface area contributed by atoms with Gasteiger partial charge in [0.25, 0.3) is 15.9 Å². The van der Waals surface area contributed by atoms with Gasteiger partial charge < -0.3 is 10.1 Å². The van der Waals surface area contributed by atoms with E-state index in [-0.39, 0.29) is 15.5 Å². The van der Waals surface area contributed by atoms with Gasteiger partial charge in [-0.3, -0.25) is 9.52 Å². The van der Waals surface area contributed by atoms with Crippen LogP contribution in [-0.2, 0) is 10.0 Å². The smallest absolute Gasteiger partial charge is 0.263 e. The first-order valence-corrected chi connectivity index (χ1v) is 9.01. The lowest BCUT2D eigenvalue weighted by Crippen LogP contribution is -2.19. The third-order valence-electron chi connectivity index (χ3n) is 3.13. The average Bonchev–Trinajstić information content (AvgIpc) is 2.56. The third-order valence-corrected chi connectivity index (χ3v) is 4.99. The van der Waals surface area contributed by atoms with Gasteiger partial charge in [-0.1, -0.05) is 11.6 Å². The summed E-state index contributed by atoms with van der Waals surface area (Å²) in [7, 11) is -2.47. The molecular weight excluding hydrogens is 352 g/mol. The third kappa shape index (κ3) is 4.18. The summed E-state index contributed by atoms with van der Waals surface area (Å²) in [6, 6.07) is 10.5. The Morgan fingerprint density at radius 1 is 1.17 bits per heavy atom. The number of nitrogens with one attached hydrogen (secondary N) is 2. The molecule has 0 atom stereocenters. The number of benzene rings is 2. The number of carbonyl (C=O) groups excluding carboxylic acids is 1. The fourth-order valence-corrected chi connectivity index (χ4v) is 3.58. The zero-order valence-electron chi connectivity index (χ0n) is 13.2. The molecule has 8 heteroatoms. The highest BCUT2D eigenvalue weighted by molar-refractivity contribution is 7.92. The predicted molar refractivity (Wildman–Crippen MR) is 93.3 cm³/mol. The van der Waals surface area contributed by atoms with Crippen molar-refractivity contribution in [3.8, 4) is 5.75 Å². The highest BCUT2D eigenvalue weighted by Crippen LogP contribution is 2.26. The minimum atomic E-state index is -3.94. The molecule has 0 aliphatic carbocycles. The van der Waals surface area contributed by atoms with Crippen LogP contribution < -0.4 is 14.8 Å². The Kier molecular flexibility index (Phi) is 5.69. The number of halogens is 1. The minimum Gasteiger partial charge on any atom is -0.494 e. The second-order valence-corrected chi connectivity index (χ2v) is 6.85. The molecule has 0 spiro atoms. The van der Waals surface area contributed by atoms with Gasteiger partial charge in [0.05, 0.1) is 11.6 Å². The molecule has 24 heavy (non-hydrogen) atoms. The number of ether oxygens (including phenoxy) is 1. The maximum Gasteiger partial charge on any atom is 0.263 e. The van der Waals surface area contributed by atoms with Gasteiger partial charge in [-0.05, 0) is 49.4 Å². The van der Waals surface area contributed by atoms with Gasteiger partial charge >= 0.3 is 0 Å². The number of hydrogen-bond acceptors (Lipinski definition) is 4. The van der Waals surface area contributed by atoms with Crippen LogP contribution in [0, 0.1) is 0 Å². The van der Waals surface area contributed by atoms with Crippen molar-refractivity contribution in [3.05, 3.63) is 53.1 Å². The zero-order chi connectivity index (χ0) is 17.7. The molecule has 128 valence electrons. The Labute approximate surface area is 145 Å². The number of sulfonamides is 1. The Morgan fingerprint density at radius 2 is 1.83 bits per heavy atom. The summed E-state index contributed by atoms with van der Waals surface area (Å²) in [6.07, 6.45) is 0. The molecule has 0 heterocycles. The molecule has 2 aromatic rings. The number of hydrogen-bond donors (Lipinski definition) is 2. The first-order valence-electron chi connectivity index (χ1n) is 7.14. The number of carbonyl (C=O) groups is 1. The van der Waals surface area contributed by atoms with Crippen molar-refractivity contribution in [2.24, 2.45) is 0 Å². The quantitative estimate of drug-likeness (QED) is 0.821. The Hall–Kier alpha value is -2.25. The average molecular weight is 369 g/mol. The van der Waals surface area contributed by atoms with Gasteiger partial charge in [0.15, 0.2) is 0 Å². The Morgan fingerprint density at radius 3 is 2.42 bits per heavy atom. The van der Waals surface area contributed by atoms with Crippen molar-refractivity contribution in [2.75, 3.05) is 18.4 Å². The van der Waals surface area contributed by atoms with E-state index in [4.69, 9.17) is 16.3 Å². The largest absolute Gasteiger partial charge is 0.494 e. The van der Waals surface area contributed by atoms with Crippen molar-refractivity contribution < 1.29 is 17.9 Å². The molecule has 0 aliphatic heterocycles. The summed E-state index contributed by atoms with van der Waals surface area (Å²) in [4.78, 5) is 11.5. The lowest BCUT2D eigenvalue weighted by atomic mass is 10.2. The summed E-state index contributed by atoms with van der Waals surface area (Å²) in [5, 5.41) is 2.46. The SMILES string of the molecule is CCOc1ccc(NS(=O)(=O)c2cc(C(=O)NC)ccc2Cl)cc1. The van der Waals surface area contributed by atoms with E-state index in [9.17, 15) is 13.2 Å². The summed E-state index contributed by atoms with van der Waals surface area (Å²) < 4.78 is 32.8. The van der Waals surface area contributed by atoms with E-state index in [1.54, 1.807) is 24.3 Å². The second-order valence-electron chi connectivity index (χ2n) is 4.79. The topological polar surface area (TPSA) is 84.5 Å². The Balaban J connectivity index is 2.31. The highest BCUT2D eigenvalue weighted by atomic mass is 35.5. The number of anilines is 1. The molecule has 0 aliphatic rings. The molecule has 2 rings (SSSR count). The van der Waals surface area contributed by atoms with Crippen LogP contribution in [0.5, 0.6) is 5.75 Å². The molecule has 0 radical (unpaired) electrons. The molecular formula is C16H17ClN2O4S. The first-order chi connectivity index (χ1) is 11.4. The maximum absolute atomic E-state index is 12.5. The standard InChI is InChI=1S/C16H17ClN2O4S/c1-3-23-13-7-5-12(6-8-13)19-24(21,22)15-10-11(16(20)18-2)4-9-14(15)17/h4-10,19H,3H2,1-2H3,(H,18,20). The Bertz CT molecular complexity index is 836. The number of rotatable bonds is 6. The van der Waals surface area contributed by atoms with Crippen LogP contribution >= 0.6 is 11.6 Å². The summed E-state index contributed by atoms with van der Waals surface area (Å²) >= 11 is 5.99. The van der Waals surface area contributed by atoms with Crippen molar-refractivity contribution >= 4 is 33.2 Å². The van der Waals surface area contributed by atoms with E-state index in [0.29, 0.717) is 18.0 Å². The molecule has 2 aromatic carbocycles. The van der Waals surface area contributed by atoms with E-state index in [2.05, 4.69) is 10.0 Å². The second kappa shape index (κ2) is 7.55. The van der Waals surface area contributed by atoms with E-state index in [1.165, 1.54) is 25.2 Å². The molecule has 0 bridgehead atoms. The molecule has 0 fully saturated rings. The lowest BCUT2D eigenvalue weighted by molar-refractivity contribution is 0.0963. The van der Waals surface area contributed by atoms with Crippen molar-refractivity contribution in [1.29, 1.82) is 0 Å². The van der Waals surface area contributed by atoms with Gasteiger partial charge in [0, 0.05) is 18.3 Å². The highest BCUT2D eigenvalue weighted by Gasteiger charge is 2.20. The van der Waals surface area contributed by atoms with Crippen molar-refractivity contribution in [1.82, 2.24) is 5.32 Å². The first kappa shape index (κ1) is 18.1. The fourth-order valence-electron chi connectivity index (χ4n) is 1.99. The monoisotopic (exact) mass is 368 g/mol. The molecule has 0 aromatic heterocycles. The normalized spacial score (nSPS) is 11.0. The number of amides is 1. The van der Waals surface area contributed by atoms with E-state index in [1.807, 2.05) is 6.92 Å². The van der Waals surface area contributed by atoms with Crippen LogP contribution in [0.4, 0.5) is 5.69 Å². The van der Waals surface area contributed by atoms with Gasteiger partial charge in [0.1, 0.15) is 10.6 Å². The van der Waals surface area contributed by atoms with Gasteiger partial charge in [0.2, 0.25) is 0 Å². The van der Waals surface area contributed by atoms with Gasteiger partial charge in [-0.2, -0.15) is 0 Å². The van der Waals surface area contributed by atoms with Crippen LogP contribution in [0.3, 0.4) is 0 Å². The van der Waals surface area contributed by atoms with Crippen LogP contribution in [0.15, 0.2) is 47.4 Å². The molecule has 6 nitrogen and oxygen atoms in total. The fraction of sp³-hybridized carbons (Fsp3) is 0.188. The lowest BCUT2D eigenvalue weighted by Gasteiger charge is -2.11.